The molecule has 4 aromatic rings. The second-order valence-electron chi connectivity index (χ2n) is 10.1. The Labute approximate surface area is 254 Å². The molecule has 0 fully saturated rings. The first kappa shape index (κ1) is 30.2. The molecule has 2 amide bonds. The second-order valence-corrected chi connectivity index (χ2v) is 12.4. The number of sulfonamides is 1. The minimum Gasteiger partial charge on any atom is -0.477 e. The lowest BCUT2D eigenvalue weighted by Gasteiger charge is -2.35. The molecule has 4 aromatic carbocycles. The molecule has 1 heterocycles. The first-order valence-electron chi connectivity index (χ1n) is 13.5. The third-order valence-corrected chi connectivity index (χ3v) is 9.20. The molecule has 1 unspecified atom stereocenters. The van der Waals surface area contributed by atoms with E-state index in [-0.39, 0.29) is 28.6 Å². The van der Waals surface area contributed by atoms with Crippen LogP contribution in [-0.2, 0) is 32.7 Å². The molecule has 1 aliphatic heterocycles. The van der Waals surface area contributed by atoms with E-state index >= 15 is 0 Å². The quantitative estimate of drug-likeness (QED) is 0.281. The lowest BCUT2D eigenvalue weighted by Crippen LogP contribution is -2.52. The van der Waals surface area contributed by atoms with Gasteiger partial charge in [-0.25, -0.2) is 12.8 Å². The summed E-state index contributed by atoms with van der Waals surface area (Å²) < 4.78 is 49.3. The van der Waals surface area contributed by atoms with Crippen LogP contribution < -0.4 is 15.0 Å². The average Bonchev–Trinajstić information content (AvgIpc) is 3.01. The molecule has 0 radical (unpaired) electrons. The topological polar surface area (TPSA) is 96.0 Å². The Morgan fingerprint density at radius 1 is 0.977 bits per heavy atom. The molecule has 8 nitrogen and oxygen atoms in total. The fourth-order valence-corrected chi connectivity index (χ4v) is 6.27. The van der Waals surface area contributed by atoms with Gasteiger partial charge in [-0.05, 0) is 48.9 Å². The third-order valence-electron chi connectivity index (χ3n) is 7.04. The smallest absolute Gasteiger partial charge is 0.263 e. The summed E-state index contributed by atoms with van der Waals surface area (Å²) in [5.41, 5.74) is 2.06. The average molecular weight is 622 g/mol. The van der Waals surface area contributed by atoms with Crippen molar-refractivity contribution >= 4 is 39.1 Å². The van der Waals surface area contributed by atoms with Crippen LogP contribution in [0.1, 0.15) is 16.7 Å². The van der Waals surface area contributed by atoms with E-state index in [1.807, 2.05) is 37.3 Å². The third kappa shape index (κ3) is 6.88. The molecule has 0 aromatic heterocycles. The normalized spacial score (nSPS) is 14.6. The van der Waals surface area contributed by atoms with E-state index in [2.05, 4.69) is 5.32 Å². The highest BCUT2D eigenvalue weighted by Crippen LogP contribution is 2.34. The summed E-state index contributed by atoms with van der Waals surface area (Å²) in [7, 11) is -4.28. The van der Waals surface area contributed by atoms with Gasteiger partial charge in [-0.2, -0.15) is 4.31 Å². The summed E-state index contributed by atoms with van der Waals surface area (Å²) in [6, 6.07) is 26.2. The Bertz CT molecular complexity index is 1720. The zero-order valence-corrected chi connectivity index (χ0v) is 24.8. The number of nitrogens with one attached hydrogen (secondary N) is 1. The predicted octanol–water partition coefficient (Wildman–Crippen LogP) is 5.09. The van der Waals surface area contributed by atoms with Gasteiger partial charge in [-0.15, -0.1) is 0 Å². The molecular formula is C32H29ClFN3O5S. The van der Waals surface area contributed by atoms with Crippen molar-refractivity contribution in [2.45, 2.75) is 31.0 Å². The molecule has 5 rings (SSSR count). The number of para-hydroxylation sites is 2. The van der Waals surface area contributed by atoms with Crippen molar-refractivity contribution in [3.05, 3.63) is 125 Å². The first-order chi connectivity index (χ1) is 20.6. The van der Waals surface area contributed by atoms with Crippen molar-refractivity contribution in [3.63, 3.8) is 0 Å². The van der Waals surface area contributed by atoms with Gasteiger partial charge in [0.1, 0.15) is 11.6 Å². The summed E-state index contributed by atoms with van der Waals surface area (Å²) >= 11 is 6.25. The maximum Gasteiger partial charge on any atom is 0.263 e. The van der Waals surface area contributed by atoms with Gasteiger partial charge in [0.2, 0.25) is 15.9 Å². The summed E-state index contributed by atoms with van der Waals surface area (Å²) in [6.45, 7) is 0.795. The lowest BCUT2D eigenvalue weighted by molar-refractivity contribution is -0.128. The van der Waals surface area contributed by atoms with Gasteiger partial charge in [-0.3, -0.25) is 9.59 Å². The van der Waals surface area contributed by atoms with Crippen LogP contribution in [0.15, 0.2) is 102 Å². The molecule has 1 atom stereocenters. The second kappa shape index (κ2) is 12.9. The monoisotopic (exact) mass is 621 g/mol. The minimum absolute atomic E-state index is 0.0309. The predicted molar refractivity (Wildman–Crippen MR) is 162 cm³/mol. The molecule has 1 aliphatic rings. The van der Waals surface area contributed by atoms with E-state index in [0.29, 0.717) is 11.4 Å². The van der Waals surface area contributed by atoms with E-state index in [4.69, 9.17) is 16.3 Å². The minimum atomic E-state index is -4.28. The van der Waals surface area contributed by atoms with Crippen LogP contribution in [0.3, 0.4) is 0 Å². The molecule has 0 saturated carbocycles. The van der Waals surface area contributed by atoms with E-state index in [1.165, 1.54) is 35.2 Å². The highest BCUT2D eigenvalue weighted by molar-refractivity contribution is 7.89. The number of ether oxygens (including phenoxy) is 1. The fraction of sp³-hybridized carbons (Fsp3) is 0.188. The number of halogens is 2. The Hall–Kier alpha value is -4.25. The van der Waals surface area contributed by atoms with Crippen LogP contribution in [0, 0.1) is 12.7 Å². The van der Waals surface area contributed by atoms with Gasteiger partial charge in [-0.1, -0.05) is 77.8 Å². The Kier molecular flexibility index (Phi) is 9.10. The zero-order valence-electron chi connectivity index (χ0n) is 23.2. The molecule has 1 N–H and O–H groups in total. The number of rotatable bonds is 9. The summed E-state index contributed by atoms with van der Waals surface area (Å²) in [5.74, 6) is -1.46. The van der Waals surface area contributed by atoms with E-state index in [0.717, 1.165) is 15.4 Å². The van der Waals surface area contributed by atoms with Gasteiger partial charge in [0.25, 0.3) is 5.91 Å². The standard InChI is InChI=1S/C32H29ClFN3O5S/c1-22-14-16-24(17-15-22)43(40,41)36(19-25-26(33)10-7-11-27(25)34)21-31(38)37-20-30(42-29-13-6-5-12-28(29)37)32(39)35-18-23-8-3-2-4-9-23/h2-17,30H,18-21H2,1H3,(H,35,39). The van der Waals surface area contributed by atoms with Crippen LogP contribution in [-0.4, -0.2) is 43.7 Å². The van der Waals surface area contributed by atoms with Crippen molar-refractivity contribution in [3.8, 4) is 5.75 Å². The van der Waals surface area contributed by atoms with Crippen molar-refractivity contribution in [2.75, 3.05) is 18.0 Å². The summed E-state index contributed by atoms with van der Waals surface area (Å²) in [5, 5.41) is 2.86. The van der Waals surface area contributed by atoms with E-state index < -0.39 is 46.8 Å². The van der Waals surface area contributed by atoms with Gasteiger partial charge < -0.3 is 15.0 Å². The van der Waals surface area contributed by atoms with Crippen molar-refractivity contribution in [1.82, 2.24) is 9.62 Å². The van der Waals surface area contributed by atoms with Gasteiger partial charge >= 0.3 is 0 Å². The van der Waals surface area contributed by atoms with Crippen molar-refractivity contribution < 1.29 is 27.1 Å². The van der Waals surface area contributed by atoms with Crippen molar-refractivity contribution in [1.29, 1.82) is 0 Å². The van der Waals surface area contributed by atoms with Crippen LogP contribution in [0.5, 0.6) is 5.75 Å². The maximum absolute atomic E-state index is 14.8. The molecule has 0 aliphatic carbocycles. The van der Waals surface area contributed by atoms with Gasteiger partial charge in [0, 0.05) is 23.7 Å². The molecule has 0 bridgehead atoms. The molecule has 11 heteroatoms. The Morgan fingerprint density at radius 2 is 1.67 bits per heavy atom. The fourth-order valence-electron chi connectivity index (χ4n) is 4.69. The van der Waals surface area contributed by atoms with E-state index in [1.54, 1.807) is 36.4 Å². The molecular weight excluding hydrogens is 593 g/mol. The van der Waals surface area contributed by atoms with Crippen molar-refractivity contribution in [2.24, 2.45) is 0 Å². The summed E-state index contributed by atoms with van der Waals surface area (Å²) in [4.78, 5) is 28.3. The number of hydrogen-bond donors (Lipinski definition) is 1. The highest BCUT2D eigenvalue weighted by atomic mass is 35.5. The number of amides is 2. The first-order valence-corrected chi connectivity index (χ1v) is 15.3. The zero-order chi connectivity index (χ0) is 30.6. The van der Waals surface area contributed by atoms with Crippen LogP contribution in [0.2, 0.25) is 5.02 Å². The Morgan fingerprint density at radius 3 is 2.40 bits per heavy atom. The number of fused-ring (bicyclic) bond motifs is 1. The number of carbonyl (C=O) groups excluding carboxylic acids is 2. The van der Waals surface area contributed by atoms with E-state index in [9.17, 15) is 22.4 Å². The number of aryl methyl sites for hydroxylation is 1. The molecule has 43 heavy (non-hydrogen) atoms. The number of anilines is 1. The van der Waals surface area contributed by atoms with Crippen LogP contribution in [0.4, 0.5) is 10.1 Å². The number of carbonyl (C=O) groups is 2. The van der Waals surface area contributed by atoms with Crippen LogP contribution >= 0.6 is 11.6 Å². The summed E-state index contributed by atoms with van der Waals surface area (Å²) in [6.07, 6.45) is -1.05. The lowest BCUT2D eigenvalue weighted by atomic mass is 10.1. The molecule has 222 valence electrons. The largest absolute Gasteiger partial charge is 0.477 e. The number of hydrogen-bond acceptors (Lipinski definition) is 5. The molecule has 0 spiro atoms. The number of benzene rings is 4. The van der Waals surface area contributed by atoms with Gasteiger partial charge in [0.05, 0.1) is 23.7 Å². The Balaban J connectivity index is 1.43. The number of nitrogens with zero attached hydrogens (tertiary/aromatic N) is 2. The molecule has 0 saturated heterocycles. The highest BCUT2D eigenvalue weighted by Gasteiger charge is 2.36. The van der Waals surface area contributed by atoms with Crippen LogP contribution in [0.25, 0.3) is 0 Å². The SMILES string of the molecule is Cc1ccc(S(=O)(=O)N(CC(=O)N2CC(C(=O)NCc3ccccc3)Oc3ccccc32)Cc2c(F)cccc2Cl)cc1. The van der Waals surface area contributed by atoms with Gasteiger partial charge in [0.15, 0.2) is 6.10 Å². The maximum atomic E-state index is 14.8.